The molecule has 1 atom stereocenters. The molecule has 100 valence electrons. The number of ether oxygens (including phenoxy) is 1. The van der Waals surface area contributed by atoms with Crippen LogP contribution in [0, 0.1) is 11.7 Å². The molecule has 2 nitrogen and oxygen atoms in total. The summed E-state index contributed by atoms with van der Waals surface area (Å²) < 4.78 is 19.1. The van der Waals surface area contributed by atoms with Crippen LogP contribution in [0.15, 0.2) is 18.2 Å². The van der Waals surface area contributed by atoms with Gasteiger partial charge in [0.05, 0.1) is 7.11 Å². The Morgan fingerprint density at radius 3 is 2.72 bits per heavy atom. The van der Waals surface area contributed by atoms with Gasteiger partial charge in [-0.2, -0.15) is 0 Å². The quantitative estimate of drug-likeness (QED) is 0.868. The zero-order valence-electron chi connectivity index (χ0n) is 11.2. The molecule has 0 saturated heterocycles. The number of hydrogen-bond acceptors (Lipinski definition) is 2. The Morgan fingerprint density at radius 2 is 2.11 bits per heavy atom. The highest BCUT2D eigenvalue weighted by Crippen LogP contribution is 2.30. The van der Waals surface area contributed by atoms with Crippen molar-refractivity contribution in [2.45, 2.75) is 38.1 Å². The Labute approximate surface area is 109 Å². The third-order valence-electron chi connectivity index (χ3n) is 4.04. The zero-order valence-corrected chi connectivity index (χ0v) is 11.2. The van der Waals surface area contributed by atoms with Gasteiger partial charge in [0.25, 0.3) is 0 Å². The third-order valence-corrected chi connectivity index (χ3v) is 4.04. The molecule has 0 aromatic heterocycles. The van der Waals surface area contributed by atoms with Crippen molar-refractivity contribution in [1.29, 1.82) is 0 Å². The fourth-order valence-electron chi connectivity index (χ4n) is 2.97. The van der Waals surface area contributed by atoms with Crippen molar-refractivity contribution in [3.63, 3.8) is 0 Å². The minimum Gasteiger partial charge on any atom is -0.494 e. The van der Waals surface area contributed by atoms with Crippen molar-refractivity contribution < 1.29 is 9.13 Å². The van der Waals surface area contributed by atoms with E-state index in [1.165, 1.54) is 32.8 Å². The lowest BCUT2D eigenvalue weighted by atomic mass is 9.92. The van der Waals surface area contributed by atoms with Crippen LogP contribution in [0.5, 0.6) is 5.75 Å². The maximum Gasteiger partial charge on any atom is 0.168 e. The van der Waals surface area contributed by atoms with E-state index < -0.39 is 0 Å². The van der Waals surface area contributed by atoms with Crippen LogP contribution in [0.2, 0.25) is 0 Å². The van der Waals surface area contributed by atoms with Gasteiger partial charge >= 0.3 is 0 Å². The van der Waals surface area contributed by atoms with Gasteiger partial charge in [-0.25, -0.2) is 4.39 Å². The van der Waals surface area contributed by atoms with Crippen molar-refractivity contribution >= 4 is 0 Å². The molecule has 1 aliphatic carbocycles. The molecular weight excluding hydrogens is 229 g/mol. The summed E-state index contributed by atoms with van der Waals surface area (Å²) in [5.74, 6) is 0.813. The van der Waals surface area contributed by atoms with Gasteiger partial charge in [-0.05, 0) is 43.9 Å². The van der Waals surface area contributed by atoms with Crippen LogP contribution >= 0.6 is 0 Å². The van der Waals surface area contributed by atoms with Gasteiger partial charge in [-0.3, -0.25) is 0 Å². The van der Waals surface area contributed by atoms with E-state index in [0.717, 1.165) is 12.0 Å². The lowest BCUT2D eigenvalue weighted by Gasteiger charge is -2.23. The van der Waals surface area contributed by atoms with Crippen molar-refractivity contribution in [3.05, 3.63) is 29.6 Å². The minimum atomic E-state index is -0.210. The van der Waals surface area contributed by atoms with Gasteiger partial charge in [0.2, 0.25) is 0 Å². The molecular formula is C15H22FNO. The maximum absolute atomic E-state index is 14.1. The second-order valence-electron chi connectivity index (χ2n) is 5.08. The lowest BCUT2D eigenvalue weighted by molar-refractivity contribution is 0.362. The molecule has 0 bridgehead atoms. The zero-order chi connectivity index (χ0) is 13.0. The molecule has 0 spiro atoms. The monoisotopic (exact) mass is 251 g/mol. The topological polar surface area (TPSA) is 21.3 Å². The second-order valence-corrected chi connectivity index (χ2v) is 5.08. The maximum atomic E-state index is 14.1. The fraction of sp³-hybridized carbons (Fsp3) is 0.600. The summed E-state index contributed by atoms with van der Waals surface area (Å²) in [6.45, 7) is 0. The Balaban J connectivity index is 2.11. The summed E-state index contributed by atoms with van der Waals surface area (Å²) in [5.41, 5.74) is 0.751. The molecule has 1 unspecified atom stereocenters. The normalized spacial score (nSPS) is 17.9. The summed E-state index contributed by atoms with van der Waals surface area (Å²) in [5, 5.41) is 3.35. The molecule has 2 rings (SSSR count). The van der Waals surface area contributed by atoms with E-state index in [9.17, 15) is 4.39 Å². The number of methoxy groups -OCH3 is 1. The Morgan fingerprint density at radius 1 is 1.39 bits per heavy atom. The second kappa shape index (κ2) is 6.19. The van der Waals surface area contributed by atoms with E-state index in [2.05, 4.69) is 5.32 Å². The molecule has 0 radical (unpaired) electrons. The van der Waals surface area contributed by atoms with Gasteiger partial charge < -0.3 is 10.1 Å². The van der Waals surface area contributed by atoms with E-state index in [1.54, 1.807) is 6.07 Å². The molecule has 1 aliphatic rings. The van der Waals surface area contributed by atoms with Crippen LogP contribution in [-0.4, -0.2) is 20.2 Å². The summed E-state index contributed by atoms with van der Waals surface area (Å²) in [4.78, 5) is 0. The molecule has 0 aliphatic heterocycles. The van der Waals surface area contributed by atoms with Gasteiger partial charge in [-0.1, -0.05) is 25.0 Å². The Bertz CT molecular complexity index is 388. The largest absolute Gasteiger partial charge is 0.494 e. The fourth-order valence-corrected chi connectivity index (χ4v) is 2.97. The van der Waals surface area contributed by atoms with E-state index in [4.69, 9.17) is 4.74 Å². The summed E-state index contributed by atoms with van der Waals surface area (Å²) in [6.07, 6.45) is 5.88. The van der Waals surface area contributed by atoms with Gasteiger partial charge in [-0.15, -0.1) is 0 Å². The number of nitrogens with one attached hydrogen (secondary N) is 1. The van der Waals surface area contributed by atoms with E-state index >= 15 is 0 Å². The van der Waals surface area contributed by atoms with Crippen molar-refractivity contribution in [1.82, 2.24) is 5.32 Å². The van der Waals surface area contributed by atoms with E-state index in [-0.39, 0.29) is 5.82 Å². The molecule has 0 amide bonds. The van der Waals surface area contributed by atoms with Gasteiger partial charge in [0.15, 0.2) is 11.6 Å². The van der Waals surface area contributed by atoms with Crippen molar-refractivity contribution in [2.75, 3.05) is 14.2 Å². The summed E-state index contributed by atoms with van der Waals surface area (Å²) in [6, 6.07) is 5.76. The van der Waals surface area contributed by atoms with Crippen LogP contribution in [0.4, 0.5) is 4.39 Å². The van der Waals surface area contributed by atoms with E-state index in [1.807, 2.05) is 19.2 Å². The smallest absolute Gasteiger partial charge is 0.168 e. The van der Waals surface area contributed by atoms with Crippen LogP contribution in [0.3, 0.4) is 0 Å². The summed E-state index contributed by atoms with van der Waals surface area (Å²) >= 11 is 0. The number of halogens is 1. The number of benzene rings is 1. The highest BCUT2D eigenvalue weighted by atomic mass is 19.1. The van der Waals surface area contributed by atoms with E-state index in [0.29, 0.717) is 17.7 Å². The van der Waals surface area contributed by atoms with Crippen molar-refractivity contribution in [2.24, 2.45) is 5.92 Å². The average molecular weight is 251 g/mol. The van der Waals surface area contributed by atoms with Gasteiger partial charge in [0, 0.05) is 6.04 Å². The van der Waals surface area contributed by atoms with Crippen LogP contribution in [0.25, 0.3) is 0 Å². The molecule has 0 heterocycles. The third kappa shape index (κ3) is 2.83. The highest BCUT2D eigenvalue weighted by molar-refractivity contribution is 5.31. The first kappa shape index (κ1) is 13.3. The van der Waals surface area contributed by atoms with Gasteiger partial charge in [0.1, 0.15) is 0 Å². The Kier molecular flexibility index (Phi) is 4.59. The molecule has 3 heteroatoms. The molecule has 1 aromatic rings. The molecule has 1 fully saturated rings. The standard InChI is InChI=1S/C15H22FNO/c1-17-13(11-6-3-4-7-11)10-12-8-5-9-14(18-2)15(12)16/h5,8-9,11,13,17H,3-4,6-7,10H2,1-2H3. The molecule has 1 saturated carbocycles. The lowest BCUT2D eigenvalue weighted by Crippen LogP contribution is -2.34. The molecule has 1 N–H and O–H groups in total. The molecule has 1 aromatic carbocycles. The van der Waals surface area contributed by atoms with Crippen LogP contribution in [0.1, 0.15) is 31.2 Å². The predicted molar refractivity (Wildman–Crippen MR) is 71.5 cm³/mol. The van der Waals surface area contributed by atoms with Crippen LogP contribution < -0.4 is 10.1 Å². The van der Waals surface area contributed by atoms with Crippen molar-refractivity contribution in [3.8, 4) is 5.75 Å². The van der Waals surface area contributed by atoms with Crippen LogP contribution in [-0.2, 0) is 6.42 Å². The first-order chi connectivity index (χ1) is 8.76. The minimum absolute atomic E-state index is 0.210. The first-order valence-corrected chi connectivity index (χ1v) is 6.75. The Hall–Kier alpha value is -1.09. The number of likely N-dealkylation sites (N-methyl/N-ethyl adjacent to an activating group) is 1. The SMILES string of the molecule is CNC(Cc1cccc(OC)c1F)C1CCCC1. The number of rotatable bonds is 5. The molecule has 18 heavy (non-hydrogen) atoms. The first-order valence-electron chi connectivity index (χ1n) is 6.75. The summed E-state index contributed by atoms with van der Waals surface area (Å²) in [7, 11) is 3.48. The predicted octanol–water partition coefficient (Wildman–Crippen LogP) is 3.16. The highest BCUT2D eigenvalue weighted by Gasteiger charge is 2.25. The average Bonchev–Trinajstić information content (AvgIpc) is 2.91. The number of hydrogen-bond donors (Lipinski definition) is 1.